The molecule has 0 saturated heterocycles. The quantitative estimate of drug-likeness (QED) is 0.654. The third kappa shape index (κ3) is 5.16. The van der Waals surface area contributed by atoms with Crippen molar-refractivity contribution < 1.29 is 9.21 Å². The van der Waals surface area contributed by atoms with Gasteiger partial charge in [-0.1, -0.05) is 23.7 Å². The Kier molecular flexibility index (Phi) is 5.86. The number of nitrogens with zero attached hydrogens (tertiary/aromatic N) is 1. The molecule has 25 heavy (non-hydrogen) atoms. The van der Waals surface area contributed by atoms with Crippen molar-refractivity contribution in [1.82, 2.24) is 10.3 Å². The molecule has 2 aromatic heterocycles. The van der Waals surface area contributed by atoms with Crippen LogP contribution in [-0.2, 0) is 17.8 Å². The summed E-state index contributed by atoms with van der Waals surface area (Å²) in [5.74, 6) is 0.659. The summed E-state index contributed by atoms with van der Waals surface area (Å²) in [4.78, 5) is 17.3. The SMILES string of the molecule is Cc1ccc(Cc2cnc(NC(=O)CNCc3ccco3)s2)cc1Cl. The molecule has 0 bridgehead atoms. The Morgan fingerprint density at radius 2 is 2.24 bits per heavy atom. The van der Waals surface area contributed by atoms with E-state index < -0.39 is 0 Å². The van der Waals surface area contributed by atoms with Gasteiger partial charge in [-0.15, -0.1) is 11.3 Å². The van der Waals surface area contributed by atoms with Crippen molar-refractivity contribution in [2.24, 2.45) is 0 Å². The number of amides is 1. The van der Waals surface area contributed by atoms with Crippen molar-refractivity contribution in [2.75, 3.05) is 11.9 Å². The molecule has 0 aliphatic rings. The van der Waals surface area contributed by atoms with Crippen molar-refractivity contribution >= 4 is 34.0 Å². The number of hydrogen-bond acceptors (Lipinski definition) is 5. The number of nitrogens with one attached hydrogen (secondary N) is 2. The smallest absolute Gasteiger partial charge is 0.240 e. The van der Waals surface area contributed by atoms with Crippen LogP contribution in [0.1, 0.15) is 21.8 Å². The molecule has 2 N–H and O–H groups in total. The summed E-state index contributed by atoms with van der Waals surface area (Å²) < 4.78 is 5.20. The predicted molar refractivity (Wildman–Crippen MR) is 100 cm³/mol. The first kappa shape index (κ1) is 17.7. The fourth-order valence-electron chi connectivity index (χ4n) is 2.27. The Balaban J connectivity index is 1.49. The molecule has 0 spiro atoms. The molecule has 5 nitrogen and oxygen atoms in total. The van der Waals surface area contributed by atoms with Crippen LogP contribution in [0, 0.1) is 6.92 Å². The Bertz CT molecular complexity index is 846. The number of anilines is 1. The second-order valence-corrected chi connectivity index (χ2v) is 7.15. The summed E-state index contributed by atoms with van der Waals surface area (Å²) in [6.45, 7) is 2.69. The van der Waals surface area contributed by atoms with Gasteiger partial charge in [-0.3, -0.25) is 4.79 Å². The first-order valence-corrected chi connectivity index (χ1v) is 9.02. The molecule has 7 heteroatoms. The molecular weight excluding hydrogens is 358 g/mol. The van der Waals surface area contributed by atoms with E-state index in [-0.39, 0.29) is 12.5 Å². The van der Waals surface area contributed by atoms with Crippen LogP contribution in [0.5, 0.6) is 0 Å². The predicted octanol–water partition coefficient (Wildman–Crippen LogP) is 4.02. The molecule has 1 amide bonds. The summed E-state index contributed by atoms with van der Waals surface area (Å²) in [5.41, 5.74) is 2.18. The Hall–Kier alpha value is -2.15. The van der Waals surface area contributed by atoms with E-state index in [1.165, 1.54) is 11.3 Å². The van der Waals surface area contributed by atoms with Crippen molar-refractivity contribution in [3.05, 3.63) is 69.6 Å². The zero-order valence-corrected chi connectivity index (χ0v) is 15.3. The first-order chi connectivity index (χ1) is 12.1. The number of carbonyl (C=O) groups is 1. The maximum absolute atomic E-state index is 11.9. The van der Waals surface area contributed by atoms with E-state index in [4.69, 9.17) is 16.0 Å². The second kappa shape index (κ2) is 8.29. The molecule has 3 rings (SSSR count). The summed E-state index contributed by atoms with van der Waals surface area (Å²) >= 11 is 7.62. The standard InChI is InChI=1S/C18H18ClN3O2S/c1-12-4-5-13(8-16(12)19)7-15-10-21-18(25-15)22-17(23)11-20-9-14-3-2-6-24-14/h2-6,8,10,20H,7,9,11H2,1H3,(H,21,22,23). The number of thiazole rings is 1. The minimum atomic E-state index is -0.133. The van der Waals surface area contributed by atoms with Crippen LogP contribution in [0.2, 0.25) is 5.02 Å². The van der Waals surface area contributed by atoms with Crippen molar-refractivity contribution in [1.29, 1.82) is 0 Å². The first-order valence-electron chi connectivity index (χ1n) is 7.83. The van der Waals surface area contributed by atoms with Crippen LogP contribution >= 0.6 is 22.9 Å². The minimum absolute atomic E-state index is 0.133. The lowest BCUT2D eigenvalue weighted by Gasteiger charge is -2.03. The van der Waals surface area contributed by atoms with Gasteiger partial charge >= 0.3 is 0 Å². The van der Waals surface area contributed by atoms with E-state index >= 15 is 0 Å². The highest BCUT2D eigenvalue weighted by Gasteiger charge is 2.08. The van der Waals surface area contributed by atoms with Gasteiger partial charge < -0.3 is 15.1 Å². The zero-order chi connectivity index (χ0) is 17.6. The normalized spacial score (nSPS) is 10.8. The topological polar surface area (TPSA) is 67.2 Å². The third-order valence-electron chi connectivity index (χ3n) is 3.58. The lowest BCUT2D eigenvalue weighted by atomic mass is 10.1. The van der Waals surface area contributed by atoms with Gasteiger partial charge in [0.2, 0.25) is 5.91 Å². The van der Waals surface area contributed by atoms with Crippen LogP contribution < -0.4 is 10.6 Å². The summed E-state index contributed by atoms with van der Waals surface area (Å²) in [6.07, 6.45) is 4.13. The van der Waals surface area contributed by atoms with E-state index in [1.807, 2.05) is 31.2 Å². The number of benzene rings is 1. The molecule has 2 heterocycles. The highest BCUT2D eigenvalue weighted by molar-refractivity contribution is 7.15. The molecule has 0 aliphatic carbocycles. The Morgan fingerprint density at radius 1 is 1.36 bits per heavy atom. The Labute approximate surface area is 155 Å². The minimum Gasteiger partial charge on any atom is -0.468 e. The van der Waals surface area contributed by atoms with Crippen LogP contribution in [0.15, 0.2) is 47.2 Å². The number of carbonyl (C=O) groups excluding carboxylic acids is 1. The van der Waals surface area contributed by atoms with E-state index in [1.54, 1.807) is 12.5 Å². The van der Waals surface area contributed by atoms with Gasteiger partial charge in [0.05, 0.1) is 19.4 Å². The van der Waals surface area contributed by atoms with Crippen molar-refractivity contribution in [3.63, 3.8) is 0 Å². The van der Waals surface area contributed by atoms with E-state index in [9.17, 15) is 4.79 Å². The highest BCUT2D eigenvalue weighted by atomic mass is 35.5. The van der Waals surface area contributed by atoms with Gasteiger partial charge in [0.25, 0.3) is 0 Å². The molecule has 0 saturated carbocycles. The van der Waals surface area contributed by atoms with Gasteiger partial charge in [-0.05, 0) is 36.2 Å². The molecular formula is C18H18ClN3O2S. The molecule has 0 atom stereocenters. The molecule has 1 aromatic carbocycles. The maximum atomic E-state index is 11.9. The average Bonchev–Trinajstić information content (AvgIpc) is 3.23. The largest absolute Gasteiger partial charge is 0.468 e. The van der Waals surface area contributed by atoms with Gasteiger partial charge in [0.1, 0.15) is 5.76 Å². The van der Waals surface area contributed by atoms with Gasteiger partial charge in [0, 0.05) is 22.5 Å². The van der Waals surface area contributed by atoms with Gasteiger partial charge in [-0.25, -0.2) is 4.98 Å². The molecule has 0 unspecified atom stereocenters. The van der Waals surface area contributed by atoms with E-state index in [2.05, 4.69) is 21.7 Å². The average molecular weight is 376 g/mol. The number of hydrogen-bond donors (Lipinski definition) is 2. The van der Waals surface area contributed by atoms with Crippen LogP contribution in [-0.4, -0.2) is 17.4 Å². The number of halogens is 1. The van der Waals surface area contributed by atoms with Gasteiger partial charge in [-0.2, -0.15) is 0 Å². The highest BCUT2D eigenvalue weighted by Crippen LogP contribution is 2.23. The monoisotopic (exact) mass is 375 g/mol. The fraction of sp³-hybridized carbons (Fsp3) is 0.222. The van der Waals surface area contributed by atoms with E-state index in [0.717, 1.165) is 33.2 Å². The maximum Gasteiger partial charge on any atom is 0.240 e. The lowest BCUT2D eigenvalue weighted by Crippen LogP contribution is -2.27. The van der Waals surface area contributed by atoms with E-state index in [0.29, 0.717) is 11.7 Å². The van der Waals surface area contributed by atoms with Crippen LogP contribution in [0.4, 0.5) is 5.13 Å². The van der Waals surface area contributed by atoms with Crippen LogP contribution in [0.25, 0.3) is 0 Å². The van der Waals surface area contributed by atoms with Crippen LogP contribution in [0.3, 0.4) is 0 Å². The summed E-state index contributed by atoms with van der Waals surface area (Å²) in [6, 6.07) is 9.70. The molecule has 0 fully saturated rings. The fourth-order valence-corrected chi connectivity index (χ4v) is 3.34. The summed E-state index contributed by atoms with van der Waals surface area (Å²) in [7, 11) is 0. The Morgan fingerprint density at radius 3 is 3.00 bits per heavy atom. The number of rotatable bonds is 7. The number of aryl methyl sites for hydroxylation is 1. The molecule has 3 aromatic rings. The number of aromatic nitrogens is 1. The molecule has 0 aliphatic heterocycles. The van der Waals surface area contributed by atoms with Crippen molar-refractivity contribution in [3.8, 4) is 0 Å². The summed E-state index contributed by atoms with van der Waals surface area (Å²) in [5, 5.41) is 7.18. The third-order valence-corrected chi connectivity index (χ3v) is 4.90. The number of furan rings is 1. The molecule has 130 valence electrons. The lowest BCUT2D eigenvalue weighted by molar-refractivity contribution is -0.115. The van der Waals surface area contributed by atoms with Crippen molar-refractivity contribution in [2.45, 2.75) is 19.9 Å². The molecule has 0 radical (unpaired) electrons. The second-order valence-electron chi connectivity index (χ2n) is 5.62. The van der Waals surface area contributed by atoms with Gasteiger partial charge in [0.15, 0.2) is 5.13 Å². The zero-order valence-electron chi connectivity index (χ0n) is 13.7.